The van der Waals surface area contributed by atoms with Gasteiger partial charge in [0.05, 0.1) is 18.8 Å². The second-order valence-corrected chi connectivity index (χ2v) is 18.5. The van der Waals surface area contributed by atoms with Crippen LogP contribution in [0.4, 0.5) is 0 Å². The number of hydrogen-bond donors (Lipinski definition) is 4. The van der Waals surface area contributed by atoms with Gasteiger partial charge in [0.15, 0.2) is 0 Å². The molecule has 1 aromatic heterocycles. The lowest BCUT2D eigenvalue weighted by molar-refractivity contribution is -0.0941. The molecule has 0 aromatic carbocycles. The van der Waals surface area contributed by atoms with Crippen LogP contribution in [-0.4, -0.2) is 54.1 Å². The summed E-state index contributed by atoms with van der Waals surface area (Å²) in [5, 5.41) is 22.4. The van der Waals surface area contributed by atoms with Crippen LogP contribution in [0.3, 0.4) is 0 Å². The van der Waals surface area contributed by atoms with Crippen LogP contribution in [0.5, 0.6) is 0 Å². The molecule has 0 radical (unpaired) electrons. The van der Waals surface area contributed by atoms with Gasteiger partial charge in [-0.1, -0.05) is 65.5 Å². The lowest BCUT2D eigenvalue weighted by atomic mass is 9.46. The average molecular weight is 707 g/mol. The van der Waals surface area contributed by atoms with Crippen molar-refractivity contribution in [3.05, 3.63) is 44.2 Å². The van der Waals surface area contributed by atoms with Crippen molar-refractivity contribution in [2.45, 2.75) is 143 Å². The molecule has 1 saturated heterocycles. The highest BCUT2D eigenvalue weighted by Gasteiger charge is 2.61. The van der Waals surface area contributed by atoms with E-state index in [-0.39, 0.29) is 34.8 Å². The van der Waals surface area contributed by atoms with Crippen LogP contribution in [0.2, 0.25) is 0 Å². The zero-order valence-electron chi connectivity index (χ0n) is 30.2. The number of allylic oxidation sites excluding steroid dienone is 1. The Labute approximate surface area is 290 Å². The van der Waals surface area contributed by atoms with Gasteiger partial charge in [0.2, 0.25) is 0 Å². The third-order valence-electron chi connectivity index (χ3n) is 13.9. The predicted molar refractivity (Wildman–Crippen MR) is 186 cm³/mol. The van der Waals surface area contributed by atoms with E-state index in [9.17, 15) is 24.4 Å². The predicted octanol–water partition coefficient (Wildman–Crippen LogP) is 5.63. The Kier molecular flexibility index (Phi) is 10.4. The smallest absolute Gasteiger partial charge is 0.390 e. The lowest BCUT2D eigenvalue weighted by Gasteiger charge is -2.59. The van der Waals surface area contributed by atoms with E-state index in [1.54, 1.807) is 6.92 Å². The van der Waals surface area contributed by atoms with E-state index < -0.39 is 44.7 Å². The fourth-order valence-corrected chi connectivity index (χ4v) is 11.7. The molecule has 4 fully saturated rings. The van der Waals surface area contributed by atoms with Crippen molar-refractivity contribution in [3.63, 3.8) is 0 Å². The number of nitrogens with zero attached hydrogens (tertiary/aromatic N) is 2. The Bertz CT molecular complexity index is 1580. The standard InChI is InChI=1S/C37H59N2O9P/c1-21(2)8-7-9-22(3)26-10-11-27-33-28(13-15-37(26,27)6)36(5)14-12-25(16-24(36)17-30(33)41)39-34(42)23(4)19-38(35(39)43)32-18-29(40)31(48-32)20-47-49(44,45)46/h17,19,21-22,25-33,40-41H,7-16,18,20H2,1-6H3,(H2,44,45,46)/t22-,25?,26-,27?,28?,29+,30+,31-,32-,33?,36+,37-/m1/s1. The molecule has 4 aliphatic carbocycles. The van der Waals surface area contributed by atoms with E-state index in [1.807, 2.05) is 0 Å². The average Bonchev–Trinajstić information content (AvgIpc) is 3.57. The Morgan fingerprint density at radius 2 is 1.78 bits per heavy atom. The summed E-state index contributed by atoms with van der Waals surface area (Å²) in [6.07, 6.45) is 10.5. The molecule has 5 aliphatic rings. The molecule has 12 atom stereocenters. The fourth-order valence-electron chi connectivity index (χ4n) is 11.3. The second-order valence-electron chi connectivity index (χ2n) is 17.2. The summed E-state index contributed by atoms with van der Waals surface area (Å²) in [6, 6.07) is -0.384. The molecule has 12 heteroatoms. The van der Waals surface area contributed by atoms with Gasteiger partial charge in [-0.05, 0) is 98.2 Å². The number of phosphoric acid groups is 1. The van der Waals surface area contributed by atoms with Crippen molar-refractivity contribution >= 4 is 7.82 Å². The number of hydrogen-bond acceptors (Lipinski definition) is 7. The molecule has 3 saturated carbocycles. The highest BCUT2D eigenvalue weighted by molar-refractivity contribution is 7.46. The molecule has 0 bridgehead atoms. The lowest BCUT2D eigenvalue weighted by Crippen LogP contribution is -2.55. The van der Waals surface area contributed by atoms with Gasteiger partial charge in [0.1, 0.15) is 12.3 Å². The largest absolute Gasteiger partial charge is 0.469 e. The molecular weight excluding hydrogens is 647 g/mol. The highest BCUT2D eigenvalue weighted by atomic mass is 31.2. The Balaban J connectivity index is 1.22. The molecule has 4 unspecified atom stereocenters. The number of aromatic nitrogens is 2. The van der Waals surface area contributed by atoms with Gasteiger partial charge in [0.25, 0.3) is 5.56 Å². The number of rotatable bonds is 10. The molecular formula is C37H59N2O9P. The van der Waals surface area contributed by atoms with Crippen LogP contribution in [0.25, 0.3) is 0 Å². The van der Waals surface area contributed by atoms with E-state index in [2.05, 4.69) is 45.2 Å². The molecule has 11 nitrogen and oxygen atoms in total. The van der Waals surface area contributed by atoms with E-state index in [0.717, 1.165) is 24.3 Å². The van der Waals surface area contributed by atoms with Gasteiger partial charge in [-0.15, -0.1) is 0 Å². The zero-order valence-corrected chi connectivity index (χ0v) is 31.1. The summed E-state index contributed by atoms with van der Waals surface area (Å²) < 4.78 is 24.2. The minimum Gasteiger partial charge on any atom is -0.390 e. The number of phosphoric ester groups is 1. The highest BCUT2D eigenvalue weighted by Crippen LogP contribution is 2.67. The molecule has 0 amide bonds. The number of aliphatic hydroxyl groups excluding tert-OH is 2. The molecule has 6 rings (SSSR count). The van der Waals surface area contributed by atoms with E-state index in [1.165, 1.54) is 53.9 Å². The minimum atomic E-state index is -4.77. The van der Waals surface area contributed by atoms with E-state index in [0.29, 0.717) is 42.1 Å². The SMILES string of the molecule is Cc1cn([C@H]2C[C@H](O)[C@@H](COP(=O)(O)O)O2)c(=O)n(C2CC[C@@]3(C)C(=C[C@H](O)C4C3CC[C@@]3(C)C4CC[C@@H]3[C@H](C)CCCC(C)C)C2)c1=O. The van der Waals surface area contributed by atoms with Crippen molar-refractivity contribution in [3.8, 4) is 0 Å². The minimum absolute atomic E-state index is 0.00749. The van der Waals surface area contributed by atoms with Crippen molar-refractivity contribution in [1.82, 2.24) is 9.13 Å². The maximum atomic E-state index is 14.0. The van der Waals surface area contributed by atoms with Gasteiger partial charge in [-0.3, -0.25) is 18.5 Å². The number of aliphatic hydroxyl groups is 2. The van der Waals surface area contributed by atoms with Crippen LogP contribution in [-0.2, 0) is 13.8 Å². The van der Waals surface area contributed by atoms with Gasteiger partial charge in [0, 0.05) is 24.2 Å². The van der Waals surface area contributed by atoms with Crippen molar-refractivity contribution in [1.29, 1.82) is 0 Å². The quantitative estimate of drug-likeness (QED) is 0.179. The molecule has 1 aromatic rings. The summed E-state index contributed by atoms with van der Waals surface area (Å²) in [5.74, 6) is 3.21. The van der Waals surface area contributed by atoms with Gasteiger partial charge in [-0.2, -0.15) is 0 Å². The van der Waals surface area contributed by atoms with Gasteiger partial charge in [-0.25, -0.2) is 9.36 Å². The molecule has 1 aliphatic heterocycles. The maximum Gasteiger partial charge on any atom is 0.469 e. The van der Waals surface area contributed by atoms with Crippen LogP contribution in [0.15, 0.2) is 27.4 Å². The monoisotopic (exact) mass is 706 g/mol. The fraction of sp³-hybridized carbons (Fsp3) is 0.838. The van der Waals surface area contributed by atoms with E-state index in [4.69, 9.17) is 14.5 Å². The molecule has 2 heterocycles. The van der Waals surface area contributed by atoms with Crippen molar-refractivity contribution < 1.29 is 33.8 Å². The molecule has 49 heavy (non-hydrogen) atoms. The number of aryl methyl sites for hydroxylation is 1. The molecule has 276 valence electrons. The summed E-state index contributed by atoms with van der Waals surface area (Å²) in [5.41, 5.74) is 0.756. The Morgan fingerprint density at radius 1 is 1.04 bits per heavy atom. The summed E-state index contributed by atoms with van der Waals surface area (Å²) in [6.45, 7) is 13.1. The Morgan fingerprint density at radius 3 is 2.47 bits per heavy atom. The first-order valence-electron chi connectivity index (χ1n) is 18.7. The number of fused-ring (bicyclic) bond motifs is 5. The third-order valence-corrected chi connectivity index (χ3v) is 14.4. The molecule has 0 spiro atoms. The van der Waals surface area contributed by atoms with Gasteiger partial charge >= 0.3 is 13.5 Å². The maximum absolute atomic E-state index is 14.0. The van der Waals surface area contributed by atoms with Crippen LogP contribution >= 0.6 is 7.82 Å². The summed E-state index contributed by atoms with van der Waals surface area (Å²) >= 11 is 0. The molecule has 4 N–H and O–H groups in total. The second kappa shape index (κ2) is 13.8. The zero-order chi connectivity index (χ0) is 35.6. The van der Waals surface area contributed by atoms with Crippen LogP contribution < -0.4 is 11.2 Å². The summed E-state index contributed by atoms with van der Waals surface area (Å²) in [7, 11) is -4.77. The first-order chi connectivity index (χ1) is 22.9. The van der Waals surface area contributed by atoms with Crippen molar-refractivity contribution in [2.75, 3.05) is 6.61 Å². The topological polar surface area (TPSA) is 160 Å². The van der Waals surface area contributed by atoms with Crippen LogP contribution in [0, 0.1) is 53.3 Å². The van der Waals surface area contributed by atoms with E-state index >= 15 is 0 Å². The first-order valence-corrected chi connectivity index (χ1v) is 20.2. The van der Waals surface area contributed by atoms with Crippen LogP contribution in [0.1, 0.15) is 123 Å². The number of ether oxygens (including phenoxy) is 1. The third kappa shape index (κ3) is 6.87. The normalized spacial score (nSPS) is 39.7. The van der Waals surface area contributed by atoms with Gasteiger partial charge < -0.3 is 24.7 Å². The first kappa shape index (κ1) is 37.2. The Hall–Kier alpha value is -1.59. The summed E-state index contributed by atoms with van der Waals surface area (Å²) in [4.78, 5) is 45.7. The van der Waals surface area contributed by atoms with Crippen molar-refractivity contribution in [2.24, 2.45) is 46.3 Å².